The Kier molecular flexibility index (Phi) is 6.41. The number of benzene rings is 1. The molecule has 1 heterocycles. The maximum absolute atomic E-state index is 12.7. The van der Waals surface area contributed by atoms with Crippen molar-refractivity contribution in [3.8, 4) is 0 Å². The van der Waals surface area contributed by atoms with Crippen LogP contribution in [-0.4, -0.2) is 38.3 Å². The normalized spacial score (nSPS) is 17.2. The number of rotatable bonds is 6. The third kappa shape index (κ3) is 4.94. The molecule has 1 aromatic carbocycles. The van der Waals surface area contributed by atoms with Crippen LogP contribution in [0.4, 0.5) is 0 Å². The highest BCUT2D eigenvalue weighted by Gasteiger charge is 2.25. The molecule has 0 atom stereocenters. The van der Waals surface area contributed by atoms with Crippen molar-refractivity contribution in [2.45, 2.75) is 44.0 Å². The van der Waals surface area contributed by atoms with Crippen LogP contribution in [0.15, 0.2) is 34.2 Å². The number of hydrogen-bond acceptors (Lipinski definition) is 3. The standard InChI is InChI=1S/C16H26N4O2S/c1-2-9-18-16(17)19-13-14-7-6-8-15(12-14)23(21,22)20-10-4-3-5-11-20/h6-8,12H,2-5,9-11,13H2,1H3,(H3,17,18,19). The maximum Gasteiger partial charge on any atom is 0.243 e. The minimum absolute atomic E-state index is 0.340. The lowest BCUT2D eigenvalue weighted by Gasteiger charge is -2.26. The van der Waals surface area contributed by atoms with Gasteiger partial charge < -0.3 is 11.1 Å². The zero-order valence-electron chi connectivity index (χ0n) is 13.7. The molecule has 1 aromatic rings. The van der Waals surface area contributed by atoms with E-state index in [1.807, 2.05) is 6.07 Å². The first-order valence-electron chi connectivity index (χ1n) is 8.17. The monoisotopic (exact) mass is 338 g/mol. The highest BCUT2D eigenvalue weighted by molar-refractivity contribution is 7.89. The fraction of sp³-hybridized carbons (Fsp3) is 0.562. The van der Waals surface area contributed by atoms with Crippen molar-refractivity contribution in [1.82, 2.24) is 9.62 Å². The molecule has 0 aromatic heterocycles. The van der Waals surface area contributed by atoms with Crippen molar-refractivity contribution in [2.24, 2.45) is 10.7 Å². The van der Waals surface area contributed by atoms with E-state index in [0.29, 0.717) is 30.5 Å². The summed E-state index contributed by atoms with van der Waals surface area (Å²) < 4.78 is 26.9. The van der Waals surface area contributed by atoms with Crippen LogP contribution >= 0.6 is 0 Å². The summed E-state index contributed by atoms with van der Waals surface area (Å²) in [6, 6.07) is 6.97. The molecule has 0 radical (unpaired) electrons. The van der Waals surface area contributed by atoms with E-state index in [1.54, 1.807) is 22.5 Å². The van der Waals surface area contributed by atoms with Gasteiger partial charge in [0.2, 0.25) is 10.0 Å². The summed E-state index contributed by atoms with van der Waals surface area (Å²) in [4.78, 5) is 4.58. The number of aliphatic imine (C=N–C) groups is 1. The topological polar surface area (TPSA) is 87.8 Å². The summed E-state index contributed by atoms with van der Waals surface area (Å²) in [6.45, 7) is 4.41. The van der Waals surface area contributed by atoms with Crippen molar-refractivity contribution in [2.75, 3.05) is 19.6 Å². The Labute approximate surface area is 138 Å². The number of sulfonamides is 1. The van der Waals surface area contributed by atoms with Gasteiger partial charge in [-0.15, -0.1) is 0 Å². The molecule has 1 aliphatic rings. The zero-order valence-corrected chi connectivity index (χ0v) is 14.5. The van der Waals surface area contributed by atoms with Gasteiger partial charge in [0.1, 0.15) is 0 Å². The lowest BCUT2D eigenvalue weighted by Crippen LogP contribution is -2.35. The first-order valence-corrected chi connectivity index (χ1v) is 9.61. The molecular formula is C16H26N4O2S. The first kappa shape index (κ1) is 17.7. The van der Waals surface area contributed by atoms with Gasteiger partial charge in [0.15, 0.2) is 5.96 Å². The Hall–Kier alpha value is -1.60. The highest BCUT2D eigenvalue weighted by Crippen LogP contribution is 2.21. The smallest absolute Gasteiger partial charge is 0.243 e. The number of guanidine groups is 1. The molecule has 128 valence electrons. The van der Waals surface area contributed by atoms with E-state index in [9.17, 15) is 8.42 Å². The predicted octanol–water partition coefficient (Wildman–Crippen LogP) is 1.68. The molecule has 1 saturated heterocycles. The molecule has 0 spiro atoms. The van der Waals surface area contributed by atoms with E-state index in [0.717, 1.165) is 37.8 Å². The number of hydrogen-bond donors (Lipinski definition) is 2. The van der Waals surface area contributed by atoms with Crippen molar-refractivity contribution in [3.63, 3.8) is 0 Å². The SMILES string of the molecule is CCCNC(N)=NCc1cccc(S(=O)(=O)N2CCCCC2)c1. The first-order chi connectivity index (χ1) is 11.0. The van der Waals surface area contributed by atoms with Crippen LogP contribution in [0.3, 0.4) is 0 Å². The van der Waals surface area contributed by atoms with E-state index in [4.69, 9.17) is 5.73 Å². The molecule has 0 aliphatic carbocycles. The maximum atomic E-state index is 12.7. The summed E-state index contributed by atoms with van der Waals surface area (Å²) >= 11 is 0. The van der Waals surface area contributed by atoms with Crippen LogP contribution in [0, 0.1) is 0 Å². The fourth-order valence-corrected chi connectivity index (χ4v) is 4.13. The number of nitrogens with one attached hydrogen (secondary N) is 1. The number of piperidine rings is 1. The van der Waals surface area contributed by atoms with Gasteiger partial charge in [-0.2, -0.15) is 4.31 Å². The molecular weight excluding hydrogens is 312 g/mol. The van der Waals surface area contributed by atoms with Gasteiger partial charge in [0, 0.05) is 19.6 Å². The molecule has 0 unspecified atom stereocenters. The number of nitrogens with zero attached hydrogens (tertiary/aromatic N) is 2. The summed E-state index contributed by atoms with van der Waals surface area (Å²) in [5.74, 6) is 0.385. The summed E-state index contributed by atoms with van der Waals surface area (Å²) in [6.07, 6.45) is 3.94. The molecule has 6 nitrogen and oxygen atoms in total. The van der Waals surface area contributed by atoms with Gasteiger partial charge in [0.05, 0.1) is 11.4 Å². The second kappa shape index (κ2) is 8.31. The summed E-state index contributed by atoms with van der Waals surface area (Å²) in [5.41, 5.74) is 6.60. The average molecular weight is 338 g/mol. The van der Waals surface area contributed by atoms with E-state index in [-0.39, 0.29) is 0 Å². The molecule has 0 amide bonds. The molecule has 1 aliphatic heterocycles. The van der Waals surface area contributed by atoms with Crippen molar-refractivity contribution >= 4 is 16.0 Å². The van der Waals surface area contributed by atoms with Gasteiger partial charge in [0.25, 0.3) is 0 Å². The van der Waals surface area contributed by atoms with Gasteiger partial charge in [-0.1, -0.05) is 25.5 Å². The lowest BCUT2D eigenvalue weighted by molar-refractivity contribution is 0.346. The average Bonchev–Trinajstić information content (AvgIpc) is 2.59. The molecule has 1 fully saturated rings. The molecule has 23 heavy (non-hydrogen) atoms. The van der Waals surface area contributed by atoms with Gasteiger partial charge in [-0.05, 0) is 37.0 Å². The molecule has 0 bridgehead atoms. The van der Waals surface area contributed by atoms with Gasteiger partial charge in [-0.25, -0.2) is 13.4 Å². The Morgan fingerprint density at radius 1 is 1.30 bits per heavy atom. The van der Waals surface area contributed by atoms with E-state index >= 15 is 0 Å². The van der Waals surface area contributed by atoms with Crippen LogP contribution in [0.5, 0.6) is 0 Å². The zero-order chi connectivity index (χ0) is 16.7. The highest BCUT2D eigenvalue weighted by atomic mass is 32.2. The quantitative estimate of drug-likeness (QED) is 0.610. The van der Waals surface area contributed by atoms with Crippen LogP contribution in [0.2, 0.25) is 0 Å². The Bertz CT molecular complexity index is 637. The molecule has 7 heteroatoms. The van der Waals surface area contributed by atoms with Crippen molar-refractivity contribution in [1.29, 1.82) is 0 Å². The Balaban J connectivity index is 2.10. The third-order valence-electron chi connectivity index (χ3n) is 3.84. The second-order valence-electron chi connectivity index (χ2n) is 5.74. The molecule has 0 saturated carbocycles. The predicted molar refractivity (Wildman–Crippen MR) is 92.7 cm³/mol. The van der Waals surface area contributed by atoms with Gasteiger partial charge in [-0.3, -0.25) is 0 Å². The lowest BCUT2D eigenvalue weighted by atomic mass is 10.2. The van der Waals surface area contributed by atoms with Crippen LogP contribution in [0.25, 0.3) is 0 Å². The Morgan fingerprint density at radius 2 is 2.04 bits per heavy atom. The Morgan fingerprint density at radius 3 is 2.74 bits per heavy atom. The van der Waals surface area contributed by atoms with Crippen molar-refractivity contribution in [3.05, 3.63) is 29.8 Å². The largest absolute Gasteiger partial charge is 0.370 e. The number of nitrogens with two attached hydrogens (primary N) is 1. The van der Waals surface area contributed by atoms with Crippen LogP contribution in [0.1, 0.15) is 38.2 Å². The van der Waals surface area contributed by atoms with E-state index in [2.05, 4.69) is 17.2 Å². The van der Waals surface area contributed by atoms with Crippen LogP contribution in [-0.2, 0) is 16.6 Å². The van der Waals surface area contributed by atoms with E-state index < -0.39 is 10.0 Å². The minimum atomic E-state index is -3.40. The second-order valence-corrected chi connectivity index (χ2v) is 7.68. The minimum Gasteiger partial charge on any atom is -0.370 e. The molecule has 2 rings (SSSR count). The van der Waals surface area contributed by atoms with Crippen molar-refractivity contribution < 1.29 is 8.42 Å². The molecule has 3 N–H and O–H groups in total. The van der Waals surface area contributed by atoms with Crippen LogP contribution < -0.4 is 11.1 Å². The third-order valence-corrected chi connectivity index (χ3v) is 5.73. The van der Waals surface area contributed by atoms with E-state index in [1.165, 1.54) is 0 Å². The fourth-order valence-electron chi connectivity index (χ4n) is 2.54. The summed E-state index contributed by atoms with van der Waals surface area (Å²) in [7, 11) is -3.40. The van der Waals surface area contributed by atoms with Gasteiger partial charge >= 0.3 is 0 Å². The summed E-state index contributed by atoms with van der Waals surface area (Å²) in [5, 5.41) is 3.00.